The molecule has 0 saturated heterocycles. The number of aromatic nitrogens is 2. The van der Waals surface area contributed by atoms with E-state index in [9.17, 15) is 0 Å². The molecule has 0 fully saturated rings. The molecule has 2 N–H and O–H groups in total. The minimum absolute atomic E-state index is 0.297. The molecule has 0 radical (unpaired) electrons. The summed E-state index contributed by atoms with van der Waals surface area (Å²) >= 11 is 0. The monoisotopic (exact) mass is 231 g/mol. The summed E-state index contributed by atoms with van der Waals surface area (Å²) < 4.78 is 7.18. The summed E-state index contributed by atoms with van der Waals surface area (Å²) in [6.45, 7) is 4.18. The molecule has 0 aliphatic carbocycles. The van der Waals surface area contributed by atoms with E-state index >= 15 is 0 Å². The lowest BCUT2D eigenvalue weighted by Gasteiger charge is -2.14. The Morgan fingerprint density at radius 3 is 2.71 bits per heavy atom. The molecule has 0 bridgehead atoms. The molecule has 2 rings (SSSR count). The SMILES string of the molecule is COc1cccc(-c2ccnn2C(C)C)c1N. The normalized spacial score (nSPS) is 10.8. The van der Waals surface area contributed by atoms with E-state index in [0.29, 0.717) is 17.5 Å². The van der Waals surface area contributed by atoms with Crippen LogP contribution in [0.2, 0.25) is 0 Å². The smallest absolute Gasteiger partial charge is 0.142 e. The van der Waals surface area contributed by atoms with E-state index in [4.69, 9.17) is 10.5 Å². The van der Waals surface area contributed by atoms with E-state index in [1.54, 1.807) is 13.3 Å². The highest BCUT2D eigenvalue weighted by molar-refractivity contribution is 5.78. The Morgan fingerprint density at radius 2 is 2.06 bits per heavy atom. The van der Waals surface area contributed by atoms with Gasteiger partial charge in [-0.2, -0.15) is 5.10 Å². The molecule has 1 aromatic carbocycles. The van der Waals surface area contributed by atoms with Crippen molar-refractivity contribution in [2.75, 3.05) is 12.8 Å². The first-order valence-electron chi connectivity index (χ1n) is 5.61. The molecule has 0 unspecified atom stereocenters. The van der Waals surface area contributed by atoms with Crippen molar-refractivity contribution in [1.29, 1.82) is 0 Å². The third kappa shape index (κ3) is 1.98. The molecule has 17 heavy (non-hydrogen) atoms. The third-order valence-corrected chi connectivity index (χ3v) is 2.72. The fourth-order valence-electron chi connectivity index (χ4n) is 1.88. The number of para-hydroxylation sites is 1. The van der Waals surface area contributed by atoms with Gasteiger partial charge in [0.2, 0.25) is 0 Å². The van der Waals surface area contributed by atoms with Crippen molar-refractivity contribution in [1.82, 2.24) is 9.78 Å². The van der Waals surface area contributed by atoms with Gasteiger partial charge in [-0.3, -0.25) is 4.68 Å². The van der Waals surface area contributed by atoms with Gasteiger partial charge in [-0.15, -0.1) is 0 Å². The number of hydrogen-bond donors (Lipinski definition) is 1. The van der Waals surface area contributed by atoms with Crippen LogP contribution in [0.5, 0.6) is 5.75 Å². The maximum absolute atomic E-state index is 6.09. The lowest BCUT2D eigenvalue weighted by molar-refractivity contribution is 0.417. The standard InChI is InChI=1S/C13H17N3O/c1-9(2)16-11(7-8-15-16)10-5-4-6-12(17-3)13(10)14/h4-9H,14H2,1-3H3. The maximum atomic E-state index is 6.09. The number of rotatable bonds is 3. The van der Waals surface area contributed by atoms with Crippen LogP contribution in [0.3, 0.4) is 0 Å². The predicted octanol–water partition coefficient (Wildman–Crippen LogP) is 2.72. The van der Waals surface area contributed by atoms with Crippen molar-refractivity contribution in [2.24, 2.45) is 0 Å². The van der Waals surface area contributed by atoms with Crippen molar-refractivity contribution in [2.45, 2.75) is 19.9 Å². The Morgan fingerprint density at radius 1 is 1.29 bits per heavy atom. The van der Waals surface area contributed by atoms with Gasteiger partial charge in [0, 0.05) is 17.8 Å². The number of nitrogens with zero attached hydrogens (tertiary/aromatic N) is 2. The van der Waals surface area contributed by atoms with Crippen LogP contribution in [-0.2, 0) is 0 Å². The van der Waals surface area contributed by atoms with Gasteiger partial charge >= 0.3 is 0 Å². The summed E-state index contributed by atoms with van der Waals surface area (Å²) in [5, 5.41) is 4.31. The van der Waals surface area contributed by atoms with E-state index in [0.717, 1.165) is 11.3 Å². The second-order valence-electron chi connectivity index (χ2n) is 4.18. The first-order chi connectivity index (χ1) is 8.15. The van der Waals surface area contributed by atoms with Crippen molar-refractivity contribution in [3.8, 4) is 17.0 Å². The van der Waals surface area contributed by atoms with Crippen LogP contribution in [-0.4, -0.2) is 16.9 Å². The Balaban J connectivity index is 2.57. The first kappa shape index (κ1) is 11.5. The van der Waals surface area contributed by atoms with Crippen LogP contribution in [0.4, 0.5) is 5.69 Å². The van der Waals surface area contributed by atoms with Crippen LogP contribution < -0.4 is 10.5 Å². The van der Waals surface area contributed by atoms with Crippen molar-refractivity contribution >= 4 is 5.69 Å². The highest BCUT2D eigenvalue weighted by atomic mass is 16.5. The molecule has 1 aromatic heterocycles. The first-order valence-corrected chi connectivity index (χ1v) is 5.61. The van der Waals surface area contributed by atoms with Gasteiger partial charge in [0.1, 0.15) is 5.75 Å². The van der Waals surface area contributed by atoms with E-state index in [1.807, 2.05) is 28.9 Å². The van der Waals surface area contributed by atoms with Crippen molar-refractivity contribution in [3.63, 3.8) is 0 Å². The number of nitrogen functional groups attached to an aromatic ring is 1. The average molecular weight is 231 g/mol. The number of hydrogen-bond acceptors (Lipinski definition) is 3. The zero-order valence-electron chi connectivity index (χ0n) is 10.3. The molecule has 4 nitrogen and oxygen atoms in total. The number of methoxy groups -OCH3 is 1. The Bertz CT molecular complexity index is 517. The van der Waals surface area contributed by atoms with E-state index in [2.05, 4.69) is 18.9 Å². The van der Waals surface area contributed by atoms with Crippen molar-refractivity contribution in [3.05, 3.63) is 30.5 Å². The molecule has 90 valence electrons. The van der Waals surface area contributed by atoms with E-state index < -0.39 is 0 Å². The topological polar surface area (TPSA) is 53.1 Å². The van der Waals surface area contributed by atoms with Crippen LogP contribution in [0, 0.1) is 0 Å². The number of benzene rings is 1. The van der Waals surface area contributed by atoms with Crippen molar-refractivity contribution < 1.29 is 4.74 Å². The summed E-state index contributed by atoms with van der Waals surface area (Å²) in [7, 11) is 1.62. The molecule has 2 aromatic rings. The number of ether oxygens (including phenoxy) is 1. The fraction of sp³-hybridized carbons (Fsp3) is 0.308. The second-order valence-corrected chi connectivity index (χ2v) is 4.18. The highest BCUT2D eigenvalue weighted by Gasteiger charge is 2.13. The van der Waals surface area contributed by atoms with Gasteiger partial charge in [-0.1, -0.05) is 12.1 Å². The van der Waals surface area contributed by atoms with Gasteiger partial charge in [0.05, 0.1) is 18.5 Å². The Kier molecular flexibility index (Phi) is 3.04. The zero-order valence-corrected chi connectivity index (χ0v) is 10.3. The second kappa shape index (κ2) is 4.49. The maximum Gasteiger partial charge on any atom is 0.142 e. The quantitative estimate of drug-likeness (QED) is 0.826. The van der Waals surface area contributed by atoms with Crippen LogP contribution in [0.25, 0.3) is 11.3 Å². The van der Waals surface area contributed by atoms with Gasteiger partial charge in [0.15, 0.2) is 0 Å². The van der Waals surface area contributed by atoms with Crippen LogP contribution in [0.15, 0.2) is 30.5 Å². The lowest BCUT2D eigenvalue weighted by atomic mass is 10.1. The van der Waals surface area contributed by atoms with Gasteiger partial charge in [-0.25, -0.2) is 0 Å². The zero-order chi connectivity index (χ0) is 12.4. The van der Waals surface area contributed by atoms with Gasteiger partial charge in [0.25, 0.3) is 0 Å². The minimum atomic E-state index is 0.297. The van der Waals surface area contributed by atoms with E-state index in [-0.39, 0.29) is 0 Å². The fourth-order valence-corrected chi connectivity index (χ4v) is 1.88. The molecule has 1 heterocycles. The predicted molar refractivity (Wildman–Crippen MR) is 69.0 cm³/mol. The molecular weight excluding hydrogens is 214 g/mol. The molecule has 0 atom stereocenters. The minimum Gasteiger partial charge on any atom is -0.495 e. The highest BCUT2D eigenvalue weighted by Crippen LogP contribution is 2.33. The van der Waals surface area contributed by atoms with Gasteiger partial charge < -0.3 is 10.5 Å². The van der Waals surface area contributed by atoms with Crippen LogP contribution in [0.1, 0.15) is 19.9 Å². The molecule has 0 spiro atoms. The molecule has 0 aliphatic rings. The molecule has 0 aliphatic heterocycles. The molecule has 0 amide bonds. The summed E-state index contributed by atoms with van der Waals surface area (Å²) in [6, 6.07) is 8.03. The molecule has 0 saturated carbocycles. The van der Waals surface area contributed by atoms with Crippen LogP contribution >= 0.6 is 0 Å². The largest absolute Gasteiger partial charge is 0.495 e. The summed E-state index contributed by atoms with van der Waals surface area (Å²) in [4.78, 5) is 0. The Labute approximate surface area is 101 Å². The van der Waals surface area contributed by atoms with E-state index in [1.165, 1.54) is 0 Å². The van der Waals surface area contributed by atoms with Gasteiger partial charge in [-0.05, 0) is 26.0 Å². The third-order valence-electron chi connectivity index (χ3n) is 2.72. The Hall–Kier alpha value is -1.97. The lowest BCUT2D eigenvalue weighted by Crippen LogP contribution is -2.06. The summed E-state index contributed by atoms with van der Waals surface area (Å²) in [6.07, 6.45) is 1.79. The number of nitrogens with two attached hydrogens (primary N) is 1. The molecular formula is C13H17N3O. The average Bonchev–Trinajstić information content (AvgIpc) is 2.78. The summed E-state index contributed by atoms with van der Waals surface area (Å²) in [5.41, 5.74) is 8.70. The summed E-state index contributed by atoms with van der Waals surface area (Å²) in [5.74, 6) is 0.694. The number of anilines is 1. The molecule has 4 heteroatoms.